The first-order valence-corrected chi connectivity index (χ1v) is 6.81. The topological polar surface area (TPSA) is 38.1 Å². The fourth-order valence-electron chi connectivity index (χ4n) is 2.78. The minimum atomic E-state index is -0.119. The van der Waals surface area contributed by atoms with Gasteiger partial charge >= 0.3 is 0 Å². The van der Waals surface area contributed by atoms with Crippen LogP contribution in [0.4, 0.5) is 0 Å². The summed E-state index contributed by atoms with van der Waals surface area (Å²) in [5.41, 5.74) is 0.961. The normalized spacial score (nSPS) is 21.6. The molecule has 1 saturated heterocycles. The van der Waals surface area contributed by atoms with Gasteiger partial charge in [0.05, 0.1) is 12.0 Å². The first kappa shape index (κ1) is 13.1. The molecule has 0 radical (unpaired) electrons. The number of hydrogen-bond acceptors (Lipinski definition) is 2. The maximum Gasteiger partial charge on any atom is 0.246 e. The SMILES string of the molecule is Cc1cn(C(C(=O)N2CCCC2C)C(C)C)cn1. The molecule has 4 heteroatoms. The predicted octanol–water partition coefficient (Wildman–Crippen LogP) is 2.40. The van der Waals surface area contributed by atoms with E-state index in [2.05, 4.69) is 25.8 Å². The molecule has 1 aromatic rings. The van der Waals surface area contributed by atoms with Gasteiger partial charge in [-0.1, -0.05) is 13.8 Å². The lowest BCUT2D eigenvalue weighted by molar-refractivity contribution is -0.136. The summed E-state index contributed by atoms with van der Waals surface area (Å²) in [6.07, 6.45) is 5.99. The second-order valence-corrected chi connectivity index (χ2v) is 5.67. The molecule has 2 rings (SSSR count). The summed E-state index contributed by atoms with van der Waals surface area (Å²) >= 11 is 0. The number of likely N-dealkylation sites (tertiary alicyclic amines) is 1. The Morgan fingerprint density at radius 3 is 2.67 bits per heavy atom. The van der Waals surface area contributed by atoms with Crippen LogP contribution in [0.5, 0.6) is 0 Å². The number of carbonyl (C=O) groups is 1. The van der Waals surface area contributed by atoms with E-state index in [0.717, 1.165) is 25.1 Å². The number of hydrogen-bond donors (Lipinski definition) is 0. The van der Waals surface area contributed by atoms with Crippen LogP contribution in [-0.2, 0) is 4.79 Å². The van der Waals surface area contributed by atoms with Gasteiger partial charge in [0.2, 0.25) is 5.91 Å². The highest BCUT2D eigenvalue weighted by Crippen LogP contribution is 2.26. The Morgan fingerprint density at radius 1 is 1.50 bits per heavy atom. The smallest absolute Gasteiger partial charge is 0.246 e. The largest absolute Gasteiger partial charge is 0.338 e. The summed E-state index contributed by atoms with van der Waals surface area (Å²) < 4.78 is 1.97. The Kier molecular flexibility index (Phi) is 3.73. The quantitative estimate of drug-likeness (QED) is 0.825. The van der Waals surface area contributed by atoms with Gasteiger partial charge in [-0.3, -0.25) is 4.79 Å². The lowest BCUT2D eigenvalue weighted by atomic mass is 10.0. The van der Waals surface area contributed by atoms with E-state index < -0.39 is 0 Å². The van der Waals surface area contributed by atoms with Crippen molar-refractivity contribution in [2.45, 2.75) is 52.6 Å². The van der Waals surface area contributed by atoms with E-state index in [1.54, 1.807) is 6.33 Å². The average Bonchev–Trinajstić information content (AvgIpc) is 2.87. The van der Waals surface area contributed by atoms with Crippen LogP contribution in [0.3, 0.4) is 0 Å². The summed E-state index contributed by atoms with van der Waals surface area (Å²) in [5.74, 6) is 0.520. The highest BCUT2D eigenvalue weighted by Gasteiger charge is 2.33. The maximum atomic E-state index is 12.7. The zero-order valence-electron chi connectivity index (χ0n) is 11.8. The van der Waals surface area contributed by atoms with Crippen LogP contribution in [0, 0.1) is 12.8 Å². The zero-order chi connectivity index (χ0) is 13.3. The van der Waals surface area contributed by atoms with Crippen molar-refractivity contribution in [2.24, 2.45) is 5.92 Å². The molecular formula is C14H23N3O. The molecule has 4 nitrogen and oxygen atoms in total. The summed E-state index contributed by atoms with van der Waals surface area (Å²) in [4.78, 5) is 19.0. The molecule has 2 unspecified atom stereocenters. The average molecular weight is 249 g/mol. The minimum Gasteiger partial charge on any atom is -0.338 e. The summed E-state index contributed by atoms with van der Waals surface area (Å²) in [5, 5.41) is 0. The van der Waals surface area contributed by atoms with Crippen molar-refractivity contribution >= 4 is 5.91 Å². The number of aryl methyl sites for hydroxylation is 1. The summed E-state index contributed by atoms with van der Waals surface area (Å²) in [6, 6.07) is 0.259. The third kappa shape index (κ3) is 2.42. The molecule has 0 aromatic carbocycles. The lowest BCUT2D eigenvalue weighted by Gasteiger charge is -2.29. The van der Waals surface area contributed by atoms with Gasteiger partial charge in [0.25, 0.3) is 0 Å². The third-order valence-corrected chi connectivity index (χ3v) is 3.77. The second-order valence-electron chi connectivity index (χ2n) is 5.67. The molecule has 1 aliphatic heterocycles. The highest BCUT2D eigenvalue weighted by molar-refractivity contribution is 5.81. The number of nitrogens with zero attached hydrogens (tertiary/aromatic N) is 3. The molecule has 0 aliphatic carbocycles. The highest BCUT2D eigenvalue weighted by atomic mass is 16.2. The van der Waals surface area contributed by atoms with Crippen molar-refractivity contribution in [1.82, 2.24) is 14.5 Å². The van der Waals surface area contributed by atoms with E-state index in [4.69, 9.17) is 0 Å². The maximum absolute atomic E-state index is 12.7. The Hall–Kier alpha value is -1.32. The Balaban J connectivity index is 2.22. The van der Waals surface area contributed by atoms with Crippen LogP contribution in [0.2, 0.25) is 0 Å². The molecule has 1 aliphatic rings. The number of carbonyl (C=O) groups excluding carboxylic acids is 1. The van der Waals surface area contributed by atoms with Crippen LogP contribution in [0.25, 0.3) is 0 Å². The van der Waals surface area contributed by atoms with Gasteiger partial charge in [-0.05, 0) is 32.6 Å². The van der Waals surface area contributed by atoms with E-state index >= 15 is 0 Å². The van der Waals surface area contributed by atoms with E-state index in [-0.39, 0.29) is 17.9 Å². The number of aromatic nitrogens is 2. The number of rotatable bonds is 3. The molecule has 18 heavy (non-hydrogen) atoms. The molecule has 1 fully saturated rings. The first-order chi connectivity index (χ1) is 8.50. The van der Waals surface area contributed by atoms with Crippen LogP contribution in [0.1, 0.15) is 45.3 Å². The second kappa shape index (κ2) is 5.12. The zero-order valence-corrected chi connectivity index (χ0v) is 11.8. The third-order valence-electron chi connectivity index (χ3n) is 3.77. The van der Waals surface area contributed by atoms with Crippen LogP contribution in [-0.4, -0.2) is 32.9 Å². The van der Waals surface area contributed by atoms with Crippen molar-refractivity contribution in [3.63, 3.8) is 0 Å². The van der Waals surface area contributed by atoms with E-state index in [0.29, 0.717) is 6.04 Å². The van der Waals surface area contributed by atoms with Gasteiger partial charge in [-0.2, -0.15) is 0 Å². The molecule has 1 amide bonds. The molecule has 0 saturated carbocycles. The van der Waals surface area contributed by atoms with Gasteiger partial charge in [0.1, 0.15) is 6.04 Å². The van der Waals surface area contributed by atoms with Crippen LogP contribution >= 0.6 is 0 Å². The monoisotopic (exact) mass is 249 g/mol. The van der Waals surface area contributed by atoms with Crippen molar-refractivity contribution in [3.05, 3.63) is 18.2 Å². The molecule has 0 N–H and O–H groups in total. The van der Waals surface area contributed by atoms with E-state index in [9.17, 15) is 4.79 Å². The molecule has 2 atom stereocenters. The summed E-state index contributed by atoms with van der Waals surface area (Å²) in [7, 11) is 0. The van der Waals surface area contributed by atoms with Gasteiger partial charge in [0.15, 0.2) is 0 Å². The van der Waals surface area contributed by atoms with E-state index in [1.807, 2.05) is 22.6 Å². The first-order valence-electron chi connectivity index (χ1n) is 6.81. The van der Waals surface area contributed by atoms with E-state index in [1.165, 1.54) is 0 Å². The lowest BCUT2D eigenvalue weighted by Crippen LogP contribution is -2.40. The van der Waals surface area contributed by atoms with Crippen molar-refractivity contribution < 1.29 is 4.79 Å². The standard InChI is InChI=1S/C14H23N3O/c1-10(2)13(16-8-11(3)15-9-16)14(18)17-7-5-6-12(17)4/h8-10,12-13H,5-7H2,1-4H3. The molecule has 1 aromatic heterocycles. The summed E-state index contributed by atoms with van der Waals surface area (Å²) in [6.45, 7) is 9.19. The number of imidazole rings is 1. The van der Waals surface area contributed by atoms with Crippen LogP contribution in [0.15, 0.2) is 12.5 Å². The van der Waals surface area contributed by atoms with Gasteiger partial charge in [0, 0.05) is 18.8 Å². The van der Waals surface area contributed by atoms with Crippen molar-refractivity contribution in [2.75, 3.05) is 6.54 Å². The predicted molar refractivity (Wildman–Crippen MR) is 71.2 cm³/mol. The van der Waals surface area contributed by atoms with Crippen LogP contribution < -0.4 is 0 Å². The molecule has 2 heterocycles. The number of amides is 1. The fourth-order valence-corrected chi connectivity index (χ4v) is 2.78. The Morgan fingerprint density at radius 2 is 2.22 bits per heavy atom. The fraction of sp³-hybridized carbons (Fsp3) is 0.714. The van der Waals surface area contributed by atoms with Gasteiger partial charge < -0.3 is 9.47 Å². The van der Waals surface area contributed by atoms with Crippen molar-refractivity contribution in [3.8, 4) is 0 Å². The van der Waals surface area contributed by atoms with Crippen molar-refractivity contribution in [1.29, 1.82) is 0 Å². The molecule has 0 spiro atoms. The van der Waals surface area contributed by atoms with Gasteiger partial charge in [-0.15, -0.1) is 0 Å². The molecule has 100 valence electrons. The molecular weight excluding hydrogens is 226 g/mol. The molecule has 0 bridgehead atoms. The Labute approximate surface area is 109 Å². The van der Waals surface area contributed by atoms with Gasteiger partial charge in [-0.25, -0.2) is 4.98 Å². The minimum absolute atomic E-state index is 0.119. The Bertz CT molecular complexity index is 424.